The van der Waals surface area contributed by atoms with Gasteiger partial charge in [-0.15, -0.1) is 0 Å². The van der Waals surface area contributed by atoms with Gasteiger partial charge in [-0.1, -0.05) is 18.2 Å². The van der Waals surface area contributed by atoms with Gasteiger partial charge in [0, 0.05) is 25.2 Å². The maximum atomic E-state index is 11.8. The number of nitrogens with zero attached hydrogens (tertiary/aromatic N) is 2. The van der Waals surface area contributed by atoms with Gasteiger partial charge in [-0.2, -0.15) is 0 Å². The Bertz CT molecular complexity index is 875. The molecule has 4 rings (SSSR count). The van der Waals surface area contributed by atoms with Gasteiger partial charge in [-0.25, -0.2) is 0 Å². The number of likely N-dealkylation sites (tertiary alicyclic amines) is 1. The van der Waals surface area contributed by atoms with Crippen LogP contribution in [0.3, 0.4) is 0 Å². The number of aromatic nitrogens is 1. The molecule has 2 heterocycles. The van der Waals surface area contributed by atoms with E-state index in [1.807, 2.05) is 24.3 Å². The van der Waals surface area contributed by atoms with Crippen LogP contribution in [0.2, 0.25) is 0 Å². The van der Waals surface area contributed by atoms with Crippen molar-refractivity contribution in [3.05, 3.63) is 53.9 Å². The average Bonchev–Trinajstić information content (AvgIpc) is 3.33. The topological polar surface area (TPSA) is 63.7 Å². The van der Waals surface area contributed by atoms with Gasteiger partial charge in [-0.3, -0.25) is 14.7 Å². The molecule has 2 aromatic rings. The molecule has 6 heteroatoms. The Morgan fingerprint density at radius 1 is 1.12 bits per heavy atom. The van der Waals surface area contributed by atoms with E-state index in [-0.39, 0.29) is 11.9 Å². The number of amides is 1. The molecule has 2 aliphatic rings. The summed E-state index contributed by atoms with van der Waals surface area (Å²) in [5.74, 6) is 2.11. The van der Waals surface area contributed by atoms with Crippen LogP contribution in [0.4, 0.5) is 0 Å². The van der Waals surface area contributed by atoms with Gasteiger partial charge in [0.25, 0.3) is 0 Å². The van der Waals surface area contributed by atoms with Crippen molar-refractivity contribution < 1.29 is 14.3 Å². The molecular weight excluding hydrogens is 402 g/mol. The predicted molar refractivity (Wildman–Crippen MR) is 125 cm³/mol. The molecule has 0 unspecified atom stereocenters. The standard InChI is InChI=1S/C26H35N3O3/c1-19(30)28-25(23-11-5-6-15-27-23)20-13-16-29(17-14-20)18-21-8-7-12-24(31-2)26(21)32-22-9-3-4-10-22/h5-8,11-12,15,20,22,25H,3-4,9-10,13-14,16-18H2,1-2H3,(H,28,30)/t25-/m0/s1. The highest BCUT2D eigenvalue weighted by atomic mass is 16.5. The number of nitrogens with one attached hydrogen (secondary N) is 1. The third kappa shape index (κ3) is 5.60. The zero-order valence-corrected chi connectivity index (χ0v) is 19.3. The molecule has 1 aromatic carbocycles. The fourth-order valence-electron chi connectivity index (χ4n) is 5.05. The van der Waals surface area contributed by atoms with E-state index in [2.05, 4.69) is 27.3 Å². The van der Waals surface area contributed by atoms with Crippen LogP contribution in [0.1, 0.15) is 62.7 Å². The van der Waals surface area contributed by atoms with E-state index in [1.54, 1.807) is 20.2 Å². The van der Waals surface area contributed by atoms with Gasteiger partial charge in [0.2, 0.25) is 5.91 Å². The van der Waals surface area contributed by atoms with Crippen molar-refractivity contribution in [2.24, 2.45) is 5.92 Å². The van der Waals surface area contributed by atoms with Crippen molar-refractivity contribution in [3.8, 4) is 11.5 Å². The number of pyridine rings is 1. The normalized spacial score (nSPS) is 18.9. The number of hydrogen-bond acceptors (Lipinski definition) is 5. The first-order valence-corrected chi connectivity index (χ1v) is 11.9. The van der Waals surface area contributed by atoms with Crippen LogP contribution < -0.4 is 14.8 Å². The second-order valence-electron chi connectivity index (χ2n) is 9.02. The summed E-state index contributed by atoms with van der Waals surface area (Å²) in [4.78, 5) is 18.8. The Morgan fingerprint density at radius 2 is 1.91 bits per heavy atom. The minimum Gasteiger partial charge on any atom is -0.493 e. The first kappa shape index (κ1) is 22.6. The molecule has 1 saturated carbocycles. The summed E-state index contributed by atoms with van der Waals surface area (Å²) in [5.41, 5.74) is 2.14. The van der Waals surface area contributed by atoms with Crippen LogP contribution in [0.25, 0.3) is 0 Å². The number of para-hydroxylation sites is 1. The quantitative estimate of drug-likeness (QED) is 0.659. The highest BCUT2D eigenvalue weighted by Gasteiger charge is 2.30. The SMILES string of the molecule is COc1cccc(CN2CCC([C@H](NC(C)=O)c3ccccn3)CC2)c1OC1CCCC1. The molecule has 32 heavy (non-hydrogen) atoms. The lowest BCUT2D eigenvalue weighted by atomic mass is 9.87. The number of rotatable bonds is 8. The minimum atomic E-state index is -0.0334. The second kappa shape index (κ2) is 10.8. The minimum absolute atomic E-state index is 0.00633. The van der Waals surface area contributed by atoms with Gasteiger partial charge in [0.1, 0.15) is 0 Å². The number of ether oxygens (including phenoxy) is 2. The van der Waals surface area contributed by atoms with E-state index in [0.717, 1.165) is 62.5 Å². The molecule has 1 aliphatic carbocycles. The summed E-state index contributed by atoms with van der Waals surface area (Å²) < 4.78 is 12.1. The van der Waals surface area contributed by atoms with E-state index in [0.29, 0.717) is 12.0 Å². The number of carbonyl (C=O) groups is 1. The van der Waals surface area contributed by atoms with Crippen LogP contribution in [0.15, 0.2) is 42.6 Å². The van der Waals surface area contributed by atoms with Crippen LogP contribution in [0.5, 0.6) is 11.5 Å². The van der Waals surface area contributed by atoms with Crippen LogP contribution in [-0.4, -0.2) is 42.1 Å². The van der Waals surface area contributed by atoms with E-state index in [1.165, 1.54) is 18.4 Å². The zero-order chi connectivity index (χ0) is 22.3. The number of carbonyl (C=O) groups excluding carboxylic acids is 1. The van der Waals surface area contributed by atoms with Gasteiger partial charge >= 0.3 is 0 Å². The van der Waals surface area contributed by atoms with Crippen molar-refractivity contribution in [3.63, 3.8) is 0 Å². The largest absolute Gasteiger partial charge is 0.493 e. The molecular formula is C26H35N3O3. The molecule has 0 spiro atoms. The predicted octanol–water partition coefficient (Wildman–Crippen LogP) is 4.50. The average molecular weight is 438 g/mol. The van der Waals surface area contributed by atoms with Crippen LogP contribution in [0, 0.1) is 5.92 Å². The number of piperidine rings is 1. The molecule has 0 radical (unpaired) electrons. The summed E-state index contributed by atoms with van der Waals surface area (Å²) in [6.07, 6.45) is 8.88. The molecule has 1 amide bonds. The summed E-state index contributed by atoms with van der Waals surface area (Å²) >= 11 is 0. The highest BCUT2D eigenvalue weighted by molar-refractivity contribution is 5.73. The lowest BCUT2D eigenvalue weighted by Gasteiger charge is -2.36. The van der Waals surface area contributed by atoms with Crippen LogP contribution in [-0.2, 0) is 11.3 Å². The van der Waals surface area contributed by atoms with E-state index < -0.39 is 0 Å². The van der Waals surface area contributed by atoms with Gasteiger partial charge < -0.3 is 14.8 Å². The van der Waals surface area contributed by atoms with Crippen molar-refractivity contribution in [1.29, 1.82) is 0 Å². The first-order chi connectivity index (χ1) is 15.6. The Labute approximate surface area is 191 Å². The van der Waals surface area contributed by atoms with Gasteiger partial charge in [-0.05, 0) is 75.7 Å². The summed E-state index contributed by atoms with van der Waals surface area (Å²) in [5, 5.41) is 3.14. The lowest BCUT2D eigenvalue weighted by Crippen LogP contribution is -2.40. The Hall–Kier alpha value is -2.60. The lowest BCUT2D eigenvalue weighted by molar-refractivity contribution is -0.120. The molecule has 2 fully saturated rings. The fourth-order valence-corrected chi connectivity index (χ4v) is 5.05. The number of hydrogen-bond donors (Lipinski definition) is 1. The van der Waals surface area contributed by atoms with Gasteiger partial charge in [0.05, 0.1) is 24.9 Å². The third-order valence-electron chi connectivity index (χ3n) is 6.73. The van der Waals surface area contributed by atoms with E-state index in [9.17, 15) is 4.79 Å². The summed E-state index contributed by atoms with van der Waals surface area (Å²) in [6, 6.07) is 12.1. The highest BCUT2D eigenvalue weighted by Crippen LogP contribution is 2.37. The van der Waals surface area contributed by atoms with Crippen molar-refractivity contribution in [1.82, 2.24) is 15.2 Å². The summed E-state index contributed by atoms with van der Waals surface area (Å²) in [7, 11) is 1.71. The molecule has 1 saturated heterocycles. The number of methoxy groups -OCH3 is 1. The third-order valence-corrected chi connectivity index (χ3v) is 6.73. The molecule has 1 aromatic heterocycles. The molecule has 1 aliphatic heterocycles. The fraction of sp³-hybridized carbons (Fsp3) is 0.538. The molecule has 0 bridgehead atoms. The monoisotopic (exact) mass is 437 g/mol. The van der Waals surface area contributed by atoms with Gasteiger partial charge in [0.15, 0.2) is 11.5 Å². The Balaban J connectivity index is 1.42. The Morgan fingerprint density at radius 3 is 2.56 bits per heavy atom. The molecule has 1 N–H and O–H groups in total. The van der Waals surface area contributed by atoms with E-state index in [4.69, 9.17) is 9.47 Å². The maximum absolute atomic E-state index is 11.8. The summed E-state index contributed by atoms with van der Waals surface area (Å²) in [6.45, 7) is 4.39. The Kier molecular flexibility index (Phi) is 7.63. The smallest absolute Gasteiger partial charge is 0.217 e. The zero-order valence-electron chi connectivity index (χ0n) is 19.3. The molecule has 1 atom stereocenters. The number of benzene rings is 1. The van der Waals surface area contributed by atoms with Crippen molar-refractivity contribution in [2.45, 2.75) is 64.1 Å². The van der Waals surface area contributed by atoms with Crippen molar-refractivity contribution >= 4 is 5.91 Å². The molecule has 6 nitrogen and oxygen atoms in total. The van der Waals surface area contributed by atoms with Crippen LogP contribution >= 0.6 is 0 Å². The van der Waals surface area contributed by atoms with Crippen molar-refractivity contribution in [2.75, 3.05) is 20.2 Å². The molecule has 172 valence electrons. The van der Waals surface area contributed by atoms with E-state index >= 15 is 0 Å². The maximum Gasteiger partial charge on any atom is 0.217 e. The first-order valence-electron chi connectivity index (χ1n) is 11.9. The second-order valence-corrected chi connectivity index (χ2v) is 9.02.